The van der Waals surface area contributed by atoms with Crippen LogP contribution in [0.25, 0.3) is 0 Å². The molecule has 0 radical (unpaired) electrons. The van der Waals surface area contributed by atoms with Crippen LogP contribution in [0.3, 0.4) is 0 Å². The van der Waals surface area contributed by atoms with Crippen molar-refractivity contribution in [3.8, 4) is 5.75 Å². The van der Waals surface area contributed by atoms with Gasteiger partial charge in [0.25, 0.3) is 0 Å². The van der Waals surface area contributed by atoms with Crippen molar-refractivity contribution in [3.63, 3.8) is 0 Å². The number of carboxylic acids is 1. The summed E-state index contributed by atoms with van der Waals surface area (Å²) in [6.07, 6.45) is 2.57. The monoisotopic (exact) mass is 291 g/mol. The topological polar surface area (TPSA) is 66.8 Å². The molecule has 0 spiro atoms. The quantitative estimate of drug-likeness (QED) is 0.873. The van der Waals surface area contributed by atoms with Gasteiger partial charge in [0.2, 0.25) is 5.91 Å². The fourth-order valence-electron chi connectivity index (χ4n) is 2.46. The van der Waals surface area contributed by atoms with Crippen LogP contribution in [0.1, 0.15) is 32.1 Å². The van der Waals surface area contributed by atoms with Gasteiger partial charge in [-0.3, -0.25) is 9.59 Å². The molecule has 1 N–H and O–H groups in total. The average Bonchev–Trinajstić information content (AvgIpc) is 2.48. The Bertz CT molecular complexity index is 466. The smallest absolute Gasteiger partial charge is 0.303 e. The molecule has 1 fully saturated rings. The summed E-state index contributed by atoms with van der Waals surface area (Å²) in [6.45, 7) is 1.37. The molecule has 1 saturated heterocycles. The number of para-hydroxylation sites is 1. The Hall–Kier alpha value is -2.04. The third-order valence-electron chi connectivity index (χ3n) is 3.62. The van der Waals surface area contributed by atoms with Crippen molar-refractivity contribution in [2.75, 3.05) is 13.1 Å². The van der Waals surface area contributed by atoms with E-state index in [9.17, 15) is 9.59 Å². The van der Waals surface area contributed by atoms with Gasteiger partial charge in [-0.05, 0) is 18.6 Å². The molecule has 1 aromatic rings. The summed E-state index contributed by atoms with van der Waals surface area (Å²) in [5.41, 5.74) is 0. The van der Waals surface area contributed by atoms with E-state index in [1.807, 2.05) is 35.2 Å². The minimum Gasteiger partial charge on any atom is -0.490 e. The average molecular weight is 291 g/mol. The first kappa shape index (κ1) is 15.4. The Kier molecular flexibility index (Phi) is 5.60. The molecule has 0 atom stereocenters. The summed E-state index contributed by atoms with van der Waals surface area (Å²) in [4.78, 5) is 24.2. The number of aliphatic carboxylic acids is 1. The lowest BCUT2D eigenvalue weighted by molar-refractivity contribution is -0.137. The normalized spacial score (nSPS) is 15.7. The zero-order chi connectivity index (χ0) is 15.1. The Labute approximate surface area is 124 Å². The molecular weight excluding hydrogens is 270 g/mol. The summed E-state index contributed by atoms with van der Waals surface area (Å²) in [6, 6.07) is 9.70. The lowest BCUT2D eigenvalue weighted by atomic mass is 10.1. The largest absolute Gasteiger partial charge is 0.490 e. The predicted octanol–water partition coefficient (Wildman–Crippen LogP) is 2.31. The van der Waals surface area contributed by atoms with Gasteiger partial charge in [0, 0.05) is 38.8 Å². The number of hydrogen-bond donors (Lipinski definition) is 1. The molecule has 1 aliphatic heterocycles. The Balaban J connectivity index is 1.70. The number of nitrogens with zero attached hydrogens (tertiary/aromatic N) is 1. The molecule has 0 bridgehead atoms. The van der Waals surface area contributed by atoms with Crippen molar-refractivity contribution < 1.29 is 19.4 Å². The first-order valence-corrected chi connectivity index (χ1v) is 7.36. The van der Waals surface area contributed by atoms with Crippen LogP contribution in [-0.4, -0.2) is 41.1 Å². The van der Waals surface area contributed by atoms with Gasteiger partial charge in [0.05, 0.1) is 0 Å². The number of piperidine rings is 1. The zero-order valence-corrected chi connectivity index (χ0v) is 12.0. The number of amides is 1. The minimum absolute atomic E-state index is 0.0504. The van der Waals surface area contributed by atoms with Crippen LogP contribution in [-0.2, 0) is 9.59 Å². The fourth-order valence-corrected chi connectivity index (χ4v) is 2.46. The first-order chi connectivity index (χ1) is 10.1. The van der Waals surface area contributed by atoms with Crippen LogP contribution in [0.5, 0.6) is 5.75 Å². The van der Waals surface area contributed by atoms with Crippen molar-refractivity contribution >= 4 is 11.9 Å². The summed E-state index contributed by atoms with van der Waals surface area (Å²) in [5.74, 6) is 0.0657. The van der Waals surface area contributed by atoms with E-state index in [4.69, 9.17) is 9.84 Å². The van der Waals surface area contributed by atoms with Crippen LogP contribution in [0.15, 0.2) is 30.3 Å². The van der Waals surface area contributed by atoms with Crippen molar-refractivity contribution in [3.05, 3.63) is 30.3 Å². The lowest BCUT2D eigenvalue weighted by Crippen LogP contribution is -2.41. The number of ether oxygens (including phenoxy) is 1. The third-order valence-corrected chi connectivity index (χ3v) is 3.62. The van der Waals surface area contributed by atoms with Crippen molar-refractivity contribution in [1.29, 1.82) is 0 Å². The molecule has 114 valence electrons. The predicted molar refractivity (Wildman–Crippen MR) is 78.2 cm³/mol. The van der Waals surface area contributed by atoms with Gasteiger partial charge >= 0.3 is 5.97 Å². The molecule has 0 aromatic heterocycles. The summed E-state index contributed by atoms with van der Waals surface area (Å²) in [7, 11) is 0. The van der Waals surface area contributed by atoms with E-state index in [0.717, 1.165) is 18.6 Å². The zero-order valence-electron chi connectivity index (χ0n) is 12.0. The highest BCUT2D eigenvalue weighted by atomic mass is 16.5. The van der Waals surface area contributed by atoms with Crippen LogP contribution in [0, 0.1) is 0 Å². The second kappa shape index (κ2) is 7.67. The highest BCUT2D eigenvalue weighted by molar-refractivity contribution is 5.77. The van der Waals surface area contributed by atoms with Gasteiger partial charge in [-0.1, -0.05) is 18.2 Å². The molecule has 1 aliphatic rings. The van der Waals surface area contributed by atoms with E-state index in [0.29, 0.717) is 25.9 Å². The van der Waals surface area contributed by atoms with Gasteiger partial charge in [0.15, 0.2) is 0 Å². The second-order valence-corrected chi connectivity index (χ2v) is 5.26. The van der Waals surface area contributed by atoms with Crippen LogP contribution in [0.2, 0.25) is 0 Å². The molecule has 1 aromatic carbocycles. The molecule has 21 heavy (non-hydrogen) atoms. The number of rotatable bonds is 6. The molecular formula is C16H21NO4. The number of carboxylic acid groups (broad SMARTS) is 1. The molecule has 2 rings (SSSR count). The Morgan fingerprint density at radius 1 is 1.14 bits per heavy atom. The Morgan fingerprint density at radius 2 is 1.81 bits per heavy atom. The number of benzene rings is 1. The van der Waals surface area contributed by atoms with Crippen LogP contribution >= 0.6 is 0 Å². The molecule has 5 heteroatoms. The molecule has 1 amide bonds. The summed E-state index contributed by atoms with van der Waals surface area (Å²) >= 11 is 0. The van der Waals surface area contributed by atoms with E-state index < -0.39 is 5.97 Å². The molecule has 1 heterocycles. The summed E-state index contributed by atoms with van der Waals surface area (Å²) < 4.78 is 5.88. The molecule has 0 saturated carbocycles. The molecule has 0 unspecified atom stereocenters. The van der Waals surface area contributed by atoms with E-state index in [1.54, 1.807) is 0 Å². The maximum Gasteiger partial charge on any atom is 0.303 e. The minimum atomic E-state index is -0.849. The lowest BCUT2D eigenvalue weighted by Gasteiger charge is -2.32. The van der Waals surface area contributed by atoms with Crippen molar-refractivity contribution in [1.82, 2.24) is 4.90 Å². The van der Waals surface area contributed by atoms with Crippen LogP contribution in [0.4, 0.5) is 0 Å². The van der Waals surface area contributed by atoms with Gasteiger partial charge < -0.3 is 14.7 Å². The van der Waals surface area contributed by atoms with Gasteiger partial charge in [0.1, 0.15) is 11.9 Å². The van der Waals surface area contributed by atoms with E-state index in [-0.39, 0.29) is 18.4 Å². The fraction of sp³-hybridized carbons (Fsp3) is 0.500. The number of carbonyl (C=O) groups excluding carboxylic acids is 1. The highest BCUT2D eigenvalue weighted by Gasteiger charge is 2.23. The van der Waals surface area contributed by atoms with E-state index in [1.165, 1.54) is 0 Å². The molecule has 5 nitrogen and oxygen atoms in total. The van der Waals surface area contributed by atoms with Gasteiger partial charge in [-0.15, -0.1) is 0 Å². The summed E-state index contributed by atoms with van der Waals surface area (Å²) in [5, 5.41) is 8.57. The van der Waals surface area contributed by atoms with Crippen molar-refractivity contribution in [2.45, 2.75) is 38.2 Å². The molecule has 0 aliphatic carbocycles. The van der Waals surface area contributed by atoms with E-state index >= 15 is 0 Å². The Morgan fingerprint density at radius 3 is 2.43 bits per heavy atom. The third kappa shape index (κ3) is 5.10. The van der Waals surface area contributed by atoms with Gasteiger partial charge in [-0.2, -0.15) is 0 Å². The SMILES string of the molecule is O=C(O)CCCC(=O)N1CCC(Oc2ccccc2)CC1. The highest BCUT2D eigenvalue weighted by Crippen LogP contribution is 2.19. The number of likely N-dealkylation sites (tertiary alicyclic amines) is 1. The maximum absolute atomic E-state index is 11.9. The number of carbonyl (C=O) groups is 2. The van der Waals surface area contributed by atoms with Gasteiger partial charge in [-0.25, -0.2) is 0 Å². The van der Waals surface area contributed by atoms with E-state index in [2.05, 4.69) is 0 Å². The second-order valence-electron chi connectivity index (χ2n) is 5.26. The van der Waals surface area contributed by atoms with Crippen LogP contribution < -0.4 is 4.74 Å². The number of hydrogen-bond acceptors (Lipinski definition) is 3. The maximum atomic E-state index is 11.9. The first-order valence-electron chi connectivity index (χ1n) is 7.36. The van der Waals surface area contributed by atoms with Crippen molar-refractivity contribution in [2.24, 2.45) is 0 Å². The standard InChI is InChI=1S/C16H21NO4/c18-15(7-4-8-16(19)20)17-11-9-14(10-12-17)21-13-5-2-1-3-6-13/h1-3,5-6,14H,4,7-12H2,(H,19,20).